The van der Waals surface area contributed by atoms with Gasteiger partial charge in [-0.25, -0.2) is 0 Å². The summed E-state index contributed by atoms with van der Waals surface area (Å²) >= 11 is 0. The first-order valence-corrected chi connectivity index (χ1v) is 11.0. The molecule has 2 unspecified atom stereocenters. The van der Waals surface area contributed by atoms with Crippen molar-refractivity contribution in [2.45, 2.75) is 38.5 Å². The molecule has 3 rings (SSSR count). The fraction of sp³-hybridized carbons (Fsp3) is 0.385. The number of hydrogen-bond donors (Lipinski definition) is 2. The maximum absolute atomic E-state index is 12.6. The molecule has 2 aliphatic carbocycles. The monoisotopic (exact) mass is 426 g/mol. The normalized spacial score (nSPS) is 24.1. The average molecular weight is 426 g/mol. The lowest BCUT2D eigenvalue weighted by Crippen LogP contribution is -2.30. The van der Waals surface area contributed by atoms with Gasteiger partial charge in [-0.15, -0.1) is 13.2 Å². The zero-order chi connectivity index (χ0) is 23.8. The van der Waals surface area contributed by atoms with Crippen LogP contribution in [0.2, 0.25) is 0 Å². The predicted molar refractivity (Wildman–Crippen MR) is 134 cm³/mol. The number of nitrogens with one attached hydrogen (secondary N) is 2. The quantitative estimate of drug-likeness (QED) is 0.438. The van der Waals surface area contributed by atoms with Crippen LogP contribution in [0.4, 0.5) is 0 Å². The Morgan fingerprint density at radius 3 is 1.88 bits per heavy atom. The molecule has 0 spiro atoms. The molecule has 1 aromatic carbocycles. The van der Waals surface area contributed by atoms with Crippen LogP contribution in [0, 0.1) is 10.8 Å². The number of carbonyl (C=O) groups excluding carboxylic acids is 2. The van der Waals surface area contributed by atoms with Crippen molar-refractivity contribution in [1.82, 2.24) is 10.5 Å². The van der Waals surface area contributed by atoms with Crippen molar-refractivity contribution in [3.8, 4) is 0 Å². The molecule has 0 aliphatic heterocycles. The summed E-state index contributed by atoms with van der Waals surface area (Å²) in [6.45, 7) is 16.8. The van der Waals surface area contributed by atoms with Crippen LogP contribution < -0.4 is 10.5 Å². The number of rotatable bonds is 10. The Morgan fingerprint density at radius 1 is 0.875 bits per heavy atom. The molecule has 4 nitrogen and oxygen atoms in total. The van der Waals surface area contributed by atoms with E-state index in [0.29, 0.717) is 38.8 Å². The Hall–Kier alpha value is -2.43. The predicted octanol–water partition coefficient (Wildman–Crippen LogP) is 4.05. The van der Waals surface area contributed by atoms with E-state index in [4.69, 9.17) is 16.0 Å². The lowest BCUT2D eigenvalue weighted by Gasteiger charge is -2.27. The van der Waals surface area contributed by atoms with Gasteiger partial charge in [0.05, 0.1) is 10.8 Å². The first-order valence-electron chi connectivity index (χ1n) is 11.0. The molecule has 4 radical (unpaired) electrons. The van der Waals surface area contributed by atoms with Gasteiger partial charge in [0.25, 0.3) is 0 Å². The first kappa shape index (κ1) is 25.8. The highest BCUT2D eigenvalue weighted by atomic mass is 16.1. The maximum Gasteiger partial charge on any atom is 0.177 e. The fourth-order valence-corrected chi connectivity index (χ4v) is 4.86. The van der Waals surface area contributed by atoms with Crippen molar-refractivity contribution in [2.75, 3.05) is 13.1 Å². The standard InChI is InChI=1S/C15H16BNO.C11H16BNO/c1-3-8-15(9-10-17-16)11(2)12-6-4-5-7-13(12)14(15)18;1-3-6-11(7-8-13-12)9(2)4-5-10(11)14/h3-7,17H,1-2,8-10H2;3,13H,1-2,4-8H2. The van der Waals surface area contributed by atoms with Crippen molar-refractivity contribution in [3.05, 3.63) is 79.4 Å². The van der Waals surface area contributed by atoms with E-state index in [2.05, 4.69) is 36.8 Å². The van der Waals surface area contributed by atoms with E-state index in [9.17, 15) is 9.59 Å². The second-order valence-electron chi connectivity index (χ2n) is 8.44. The molecule has 2 N–H and O–H groups in total. The highest BCUT2D eigenvalue weighted by Gasteiger charge is 2.46. The van der Waals surface area contributed by atoms with Gasteiger partial charge in [0.1, 0.15) is 5.78 Å². The molecule has 0 aromatic heterocycles. The minimum absolute atomic E-state index is 0.137. The van der Waals surface area contributed by atoms with E-state index >= 15 is 0 Å². The smallest absolute Gasteiger partial charge is 0.177 e. The van der Waals surface area contributed by atoms with Crippen molar-refractivity contribution in [1.29, 1.82) is 0 Å². The van der Waals surface area contributed by atoms with Gasteiger partial charge in [0.15, 0.2) is 21.7 Å². The van der Waals surface area contributed by atoms with E-state index in [1.54, 1.807) is 12.2 Å². The van der Waals surface area contributed by atoms with Crippen molar-refractivity contribution >= 4 is 33.1 Å². The number of Topliss-reactive ketones (excluding diaryl/α,β-unsaturated/α-hetero) is 2. The molecule has 0 saturated heterocycles. The summed E-state index contributed by atoms with van der Waals surface area (Å²) in [5, 5.41) is 5.21. The number of hydrogen-bond acceptors (Lipinski definition) is 4. The van der Waals surface area contributed by atoms with Gasteiger partial charge in [-0.05, 0) is 56.3 Å². The Labute approximate surface area is 195 Å². The van der Waals surface area contributed by atoms with Crippen LogP contribution >= 0.6 is 0 Å². The second-order valence-corrected chi connectivity index (χ2v) is 8.44. The molecule has 1 aromatic rings. The second kappa shape index (κ2) is 11.4. The fourth-order valence-electron chi connectivity index (χ4n) is 4.86. The molecule has 1 saturated carbocycles. The Kier molecular flexibility index (Phi) is 9.23. The lowest BCUT2D eigenvalue weighted by molar-refractivity contribution is -0.124. The van der Waals surface area contributed by atoms with Gasteiger partial charge in [0, 0.05) is 12.0 Å². The van der Waals surface area contributed by atoms with Gasteiger partial charge in [-0.1, -0.05) is 55.1 Å². The summed E-state index contributed by atoms with van der Waals surface area (Å²) in [4.78, 5) is 24.5. The van der Waals surface area contributed by atoms with Crippen LogP contribution in [-0.2, 0) is 4.79 Å². The topological polar surface area (TPSA) is 58.2 Å². The Balaban J connectivity index is 0.000000235. The number of carbonyl (C=O) groups is 2. The lowest BCUT2D eigenvalue weighted by atomic mass is 9.74. The first-order chi connectivity index (χ1) is 15.3. The Bertz CT molecular complexity index is 856. The van der Waals surface area contributed by atoms with Gasteiger partial charge < -0.3 is 10.5 Å². The number of benzene rings is 1. The largest absolute Gasteiger partial charge is 0.366 e. The summed E-state index contributed by atoms with van der Waals surface area (Å²) < 4.78 is 0. The van der Waals surface area contributed by atoms with Crippen molar-refractivity contribution < 1.29 is 9.59 Å². The number of fused-ring (bicyclic) bond motifs is 1. The van der Waals surface area contributed by atoms with Crippen LogP contribution in [0.15, 0.2) is 68.3 Å². The summed E-state index contributed by atoms with van der Waals surface area (Å²) in [5.74, 6) is 0.427. The van der Waals surface area contributed by atoms with Crippen LogP contribution in [0.1, 0.15) is 54.4 Å². The molecule has 6 heteroatoms. The third-order valence-corrected chi connectivity index (χ3v) is 6.75. The third-order valence-electron chi connectivity index (χ3n) is 6.75. The Morgan fingerprint density at radius 2 is 1.41 bits per heavy atom. The molecule has 164 valence electrons. The van der Waals surface area contributed by atoms with Gasteiger partial charge >= 0.3 is 0 Å². The summed E-state index contributed by atoms with van der Waals surface area (Å²) in [6, 6.07) is 7.64. The molecule has 1 fully saturated rings. The number of ketones is 2. The molecule has 0 heterocycles. The summed E-state index contributed by atoms with van der Waals surface area (Å²) in [6.07, 6.45) is 7.67. The van der Waals surface area contributed by atoms with Crippen LogP contribution in [0.25, 0.3) is 5.57 Å². The number of allylic oxidation sites excluding steroid dienone is 4. The minimum atomic E-state index is -0.572. The van der Waals surface area contributed by atoms with Gasteiger partial charge in [-0.2, -0.15) is 0 Å². The van der Waals surface area contributed by atoms with E-state index in [0.717, 1.165) is 35.1 Å². The van der Waals surface area contributed by atoms with Gasteiger partial charge in [0.2, 0.25) is 0 Å². The molecule has 2 atom stereocenters. The van der Waals surface area contributed by atoms with E-state index in [-0.39, 0.29) is 17.0 Å². The average Bonchev–Trinajstić information content (AvgIpc) is 3.19. The van der Waals surface area contributed by atoms with Crippen molar-refractivity contribution in [3.63, 3.8) is 0 Å². The molecular weight excluding hydrogens is 394 g/mol. The molecular formula is C26H32B2N2O2. The van der Waals surface area contributed by atoms with Crippen LogP contribution in [-0.4, -0.2) is 40.6 Å². The SMILES string of the molecule is [B]NCCC1(CC=C)C(=C)CCC1=O.[B]NCCC1(CC=C)C(=C)c2ccccc2C1=O. The van der Waals surface area contributed by atoms with E-state index in [1.165, 1.54) is 0 Å². The minimum Gasteiger partial charge on any atom is -0.366 e. The molecule has 2 aliphatic rings. The highest BCUT2D eigenvalue weighted by molar-refractivity contribution is 6.16. The third kappa shape index (κ3) is 4.82. The zero-order valence-corrected chi connectivity index (χ0v) is 18.9. The molecule has 0 amide bonds. The van der Waals surface area contributed by atoms with Crippen LogP contribution in [0.5, 0.6) is 0 Å². The van der Waals surface area contributed by atoms with Crippen LogP contribution in [0.3, 0.4) is 0 Å². The maximum atomic E-state index is 12.6. The van der Waals surface area contributed by atoms with Crippen molar-refractivity contribution in [2.24, 2.45) is 10.8 Å². The van der Waals surface area contributed by atoms with E-state index in [1.807, 2.05) is 24.3 Å². The van der Waals surface area contributed by atoms with Gasteiger partial charge in [-0.3, -0.25) is 9.59 Å². The molecule has 32 heavy (non-hydrogen) atoms. The zero-order valence-electron chi connectivity index (χ0n) is 18.9. The summed E-state index contributed by atoms with van der Waals surface area (Å²) in [5.41, 5.74) is 2.70. The molecule has 0 bridgehead atoms. The summed E-state index contributed by atoms with van der Waals surface area (Å²) in [7, 11) is 10.6. The van der Waals surface area contributed by atoms with E-state index < -0.39 is 5.41 Å². The highest BCUT2D eigenvalue weighted by Crippen LogP contribution is 2.50.